The van der Waals surface area contributed by atoms with Gasteiger partial charge in [0.1, 0.15) is 5.69 Å². The molecule has 0 aliphatic carbocycles. The van der Waals surface area contributed by atoms with Gasteiger partial charge in [-0.05, 0) is 0 Å². The lowest BCUT2D eigenvalue weighted by molar-refractivity contribution is -0.135. The van der Waals surface area contributed by atoms with E-state index < -0.39 is 0 Å². The lowest BCUT2D eigenvalue weighted by atomic mass is 10.3. The van der Waals surface area contributed by atoms with Crippen LogP contribution in [0.15, 0.2) is 10.9 Å². The molecule has 6 nitrogen and oxygen atoms in total. The van der Waals surface area contributed by atoms with Crippen LogP contribution in [0.2, 0.25) is 0 Å². The van der Waals surface area contributed by atoms with Crippen LogP contribution in [-0.2, 0) is 9.53 Å². The maximum atomic E-state index is 11.8. The number of morpholine rings is 1. The highest BCUT2D eigenvalue weighted by Gasteiger charge is 2.16. The van der Waals surface area contributed by atoms with Crippen LogP contribution >= 0.6 is 11.3 Å². The first kappa shape index (κ1) is 13.0. The van der Waals surface area contributed by atoms with Crippen molar-refractivity contribution in [2.45, 2.75) is 6.42 Å². The van der Waals surface area contributed by atoms with Crippen molar-refractivity contribution >= 4 is 23.2 Å². The van der Waals surface area contributed by atoms with E-state index in [1.54, 1.807) is 15.8 Å². The average Bonchev–Trinajstić information content (AvgIpc) is 2.93. The Morgan fingerprint density at radius 1 is 1.44 bits per heavy atom. The minimum Gasteiger partial charge on any atom is -0.378 e. The van der Waals surface area contributed by atoms with Crippen molar-refractivity contribution in [3.05, 3.63) is 16.6 Å². The summed E-state index contributed by atoms with van der Waals surface area (Å²) in [6.07, 6.45) is 0.315. The number of aromatic nitrogens is 1. The monoisotopic (exact) mass is 269 g/mol. The normalized spacial score (nSPS) is 15.4. The number of hydrogen-bond acceptors (Lipinski definition) is 5. The molecule has 1 fully saturated rings. The van der Waals surface area contributed by atoms with Crippen LogP contribution in [0, 0.1) is 0 Å². The van der Waals surface area contributed by atoms with Crippen LogP contribution in [-0.4, -0.2) is 54.5 Å². The molecule has 0 spiro atoms. The molecule has 1 aromatic heterocycles. The zero-order chi connectivity index (χ0) is 12.8. The highest BCUT2D eigenvalue weighted by Crippen LogP contribution is 2.01. The van der Waals surface area contributed by atoms with E-state index in [0.717, 1.165) is 0 Å². The van der Waals surface area contributed by atoms with Crippen LogP contribution in [0.1, 0.15) is 16.9 Å². The molecule has 18 heavy (non-hydrogen) atoms. The predicted octanol–water partition coefficient (Wildman–Crippen LogP) is 0.122. The van der Waals surface area contributed by atoms with Gasteiger partial charge < -0.3 is 15.0 Å². The molecule has 2 rings (SSSR count). The fraction of sp³-hybridized carbons (Fsp3) is 0.545. The molecular formula is C11H15N3O3S. The van der Waals surface area contributed by atoms with E-state index >= 15 is 0 Å². The summed E-state index contributed by atoms with van der Waals surface area (Å²) < 4.78 is 5.17. The number of thiazole rings is 1. The second-order valence-electron chi connectivity index (χ2n) is 3.87. The van der Waals surface area contributed by atoms with Crippen molar-refractivity contribution in [1.29, 1.82) is 0 Å². The summed E-state index contributed by atoms with van der Waals surface area (Å²) in [5, 5.41) is 4.36. The Kier molecular flexibility index (Phi) is 4.66. The van der Waals surface area contributed by atoms with Gasteiger partial charge >= 0.3 is 0 Å². The van der Waals surface area contributed by atoms with Gasteiger partial charge in [0.25, 0.3) is 5.91 Å². The highest BCUT2D eigenvalue weighted by atomic mass is 32.1. The highest BCUT2D eigenvalue weighted by molar-refractivity contribution is 7.07. The molecule has 2 amide bonds. The lowest BCUT2D eigenvalue weighted by Gasteiger charge is -2.26. The summed E-state index contributed by atoms with van der Waals surface area (Å²) >= 11 is 1.37. The topological polar surface area (TPSA) is 71.5 Å². The molecule has 1 aliphatic rings. The third-order valence-electron chi connectivity index (χ3n) is 2.65. The third-order valence-corrected chi connectivity index (χ3v) is 3.24. The van der Waals surface area contributed by atoms with Crippen LogP contribution in [0.4, 0.5) is 0 Å². The summed E-state index contributed by atoms with van der Waals surface area (Å²) in [7, 11) is 0. The molecule has 0 aromatic carbocycles. The first-order valence-corrected chi connectivity index (χ1v) is 6.73. The van der Waals surface area contributed by atoms with E-state index in [4.69, 9.17) is 4.74 Å². The lowest BCUT2D eigenvalue weighted by Crippen LogP contribution is -2.42. The molecule has 0 saturated carbocycles. The maximum Gasteiger partial charge on any atom is 0.270 e. The van der Waals surface area contributed by atoms with E-state index in [2.05, 4.69) is 10.3 Å². The third kappa shape index (κ3) is 3.51. The van der Waals surface area contributed by atoms with Gasteiger partial charge in [-0.2, -0.15) is 0 Å². The Morgan fingerprint density at radius 3 is 2.89 bits per heavy atom. The summed E-state index contributed by atoms with van der Waals surface area (Å²) in [6, 6.07) is 0. The summed E-state index contributed by atoms with van der Waals surface area (Å²) in [5.74, 6) is -0.178. The number of rotatable bonds is 4. The Balaban J connectivity index is 1.68. The van der Waals surface area contributed by atoms with Crippen molar-refractivity contribution in [3.8, 4) is 0 Å². The summed E-state index contributed by atoms with van der Waals surface area (Å²) in [6.45, 7) is 2.80. The second kappa shape index (κ2) is 6.46. The van der Waals surface area contributed by atoms with Gasteiger partial charge in [0.2, 0.25) is 5.91 Å². The number of ether oxygens (including phenoxy) is 1. The van der Waals surface area contributed by atoms with Crippen LogP contribution < -0.4 is 5.32 Å². The minimum atomic E-state index is -0.231. The van der Waals surface area contributed by atoms with Crippen molar-refractivity contribution in [2.75, 3.05) is 32.8 Å². The van der Waals surface area contributed by atoms with E-state index in [1.165, 1.54) is 11.3 Å². The molecule has 1 aliphatic heterocycles. The number of hydrogen-bond donors (Lipinski definition) is 1. The zero-order valence-corrected chi connectivity index (χ0v) is 10.7. The molecule has 0 radical (unpaired) electrons. The molecule has 0 bridgehead atoms. The summed E-state index contributed by atoms with van der Waals surface area (Å²) in [5.41, 5.74) is 2.01. The van der Waals surface area contributed by atoms with Gasteiger partial charge in [-0.15, -0.1) is 11.3 Å². The molecule has 2 heterocycles. The van der Waals surface area contributed by atoms with Gasteiger partial charge in [-0.25, -0.2) is 4.98 Å². The van der Waals surface area contributed by atoms with E-state index in [-0.39, 0.29) is 11.8 Å². The Morgan fingerprint density at radius 2 is 2.22 bits per heavy atom. The SMILES string of the molecule is O=C(NCCC(=O)N1CCOCC1)c1cscn1. The van der Waals surface area contributed by atoms with Crippen molar-refractivity contribution in [2.24, 2.45) is 0 Å². The van der Waals surface area contributed by atoms with Crippen molar-refractivity contribution in [1.82, 2.24) is 15.2 Å². The minimum absolute atomic E-state index is 0.0527. The van der Waals surface area contributed by atoms with E-state index in [0.29, 0.717) is 45.0 Å². The van der Waals surface area contributed by atoms with Crippen LogP contribution in [0.25, 0.3) is 0 Å². The van der Waals surface area contributed by atoms with Gasteiger partial charge in [0.05, 0.1) is 18.7 Å². The number of nitrogens with one attached hydrogen (secondary N) is 1. The molecule has 0 atom stereocenters. The number of carbonyl (C=O) groups is 2. The number of nitrogens with zero attached hydrogens (tertiary/aromatic N) is 2. The van der Waals surface area contributed by atoms with Crippen molar-refractivity contribution in [3.63, 3.8) is 0 Å². The molecule has 1 aromatic rings. The predicted molar refractivity (Wildman–Crippen MR) is 66.5 cm³/mol. The van der Waals surface area contributed by atoms with Crippen LogP contribution in [0.5, 0.6) is 0 Å². The van der Waals surface area contributed by atoms with Gasteiger partial charge in [0.15, 0.2) is 0 Å². The maximum absolute atomic E-state index is 11.8. The molecule has 1 saturated heterocycles. The molecule has 0 unspecified atom stereocenters. The standard InChI is InChI=1S/C11H15N3O3S/c15-10(14-3-5-17-6-4-14)1-2-12-11(16)9-7-18-8-13-9/h7-8H,1-6H2,(H,12,16). The molecular weight excluding hydrogens is 254 g/mol. The van der Waals surface area contributed by atoms with Gasteiger partial charge in [-0.1, -0.05) is 0 Å². The Bertz CT molecular complexity index is 402. The largest absolute Gasteiger partial charge is 0.378 e. The molecule has 7 heteroatoms. The van der Waals surface area contributed by atoms with E-state index in [9.17, 15) is 9.59 Å². The Labute approximate surface area is 109 Å². The fourth-order valence-electron chi connectivity index (χ4n) is 1.67. The van der Waals surface area contributed by atoms with Gasteiger partial charge in [0, 0.05) is 31.4 Å². The number of amides is 2. The number of carbonyl (C=O) groups excluding carboxylic acids is 2. The molecule has 1 N–H and O–H groups in total. The zero-order valence-electron chi connectivity index (χ0n) is 9.92. The summed E-state index contributed by atoms with van der Waals surface area (Å²) in [4.78, 5) is 29.0. The molecule has 98 valence electrons. The van der Waals surface area contributed by atoms with Crippen molar-refractivity contribution < 1.29 is 14.3 Å². The van der Waals surface area contributed by atoms with Crippen LogP contribution in [0.3, 0.4) is 0 Å². The fourth-order valence-corrected chi connectivity index (χ4v) is 2.20. The first-order valence-electron chi connectivity index (χ1n) is 5.79. The van der Waals surface area contributed by atoms with Gasteiger partial charge in [-0.3, -0.25) is 9.59 Å². The first-order chi connectivity index (χ1) is 8.77. The second-order valence-corrected chi connectivity index (χ2v) is 4.59. The Hall–Kier alpha value is -1.47. The average molecular weight is 269 g/mol. The van der Waals surface area contributed by atoms with E-state index in [1.807, 2.05) is 0 Å². The quantitative estimate of drug-likeness (QED) is 0.843. The smallest absolute Gasteiger partial charge is 0.270 e.